The first-order valence-electron chi connectivity index (χ1n) is 6.79. The van der Waals surface area contributed by atoms with Crippen LogP contribution in [0.1, 0.15) is 25.7 Å². The van der Waals surface area contributed by atoms with Crippen molar-refractivity contribution in [3.63, 3.8) is 0 Å². The molecule has 2 saturated heterocycles. The Kier molecular flexibility index (Phi) is 4.33. The molecule has 8 heteroatoms. The van der Waals surface area contributed by atoms with E-state index >= 15 is 0 Å². The average Bonchev–Trinajstić information content (AvgIpc) is 2.87. The summed E-state index contributed by atoms with van der Waals surface area (Å²) in [5.41, 5.74) is 0. The summed E-state index contributed by atoms with van der Waals surface area (Å²) in [5, 5.41) is 9.04. The number of hydrogen-bond acceptors (Lipinski definition) is 4. The molecular formula is C12H20N2O5S. The van der Waals surface area contributed by atoms with E-state index in [0.717, 1.165) is 6.26 Å². The molecule has 0 spiro atoms. The summed E-state index contributed by atoms with van der Waals surface area (Å²) in [7, 11) is -3.40. The number of amides is 1. The normalized spacial score (nSPS) is 28.6. The van der Waals surface area contributed by atoms with Gasteiger partial charge in [0.1, 0.15) is 6.04 Å². The quantitative estimate of drug-likeness (QED) is 0.774. The van der Waals surface area contributed by atoms with Gasteiger partial charge in [0.15, 0.2) is 0 Å². The van der Waals surface area contributed by atoms with E-state index in [1.165, 1.54) is 9.21 Å². The number of nitrogens with zero attached hydrogens (tertiary/aromatic N) is 2. The fourth-order valence-corrected chi connectivity index (χ4v) is 4.09. The Bertz CT molecular complexity index is 504. The van der Waals surface area contributed by atoms with E-state index in [-0.39, 0.29) is 12.5 Å². The maximum Gasteiger partial charge on any atom is 0.308 e. The molecular weight excluding hydrogens is 284 g/mol. The van der Waals surface area contributed by atoms with Crippen molar-refractivity contribution in [2.75, 3.05) is 25.9 Å². The lowest BCUT2D eigenvalue weighted by molar-refractivity contribution is -0.146. The van der Waals surface area contributed by atoms with Crippen molar-refractivity contribution >= 4 is 21.9 Å². The van der Waals surface area contributed by atoms with Crippen LogP contribution in [-0.2, 0) is 19.6 Å². The van der Waals surface area contributed by atoms with Crippen LogP contribution in [0, 0.1) is 5.92 Å². The fraction of sp³-hybridized carbons (Fsp3) is 0.833. The molecule has 0 aromatic rings. The second-order valence-electron chi connectivity index (χ2n) is 5.49. The average molecular weight is 304 g/mol. The molecule has 1 unspecified atom stereocenters. The second kappa shape index (κ2) is 5.69. The van der Waals surface area contributed by atoms with E-state index in [4.69, 9.17) is 5.11 Å². The Balaban J connectivity index is 2.09. The number of likely N-dealkylation sites (tertiary alicyclic amines) is 1. The standard InChI is InChI=1S/C12H20N2O5S/c1-20(18,19)14-7-3-5-10(14)11(15)13-6-2-4-9(8-13)12(16)17/h9-10H,2-8H2,1H3,(H,16,17)/t9-,10?/m1/s1. The Morgan fingerprint density at radius 1 is 1.15 bits per heavy atom. The molecule has 1 amide bonds. The highest BCUT2D eigenvalue weighted by atomic mass is 32.2. The lowest BCUT2D eigenvalue weighted by Crippen LogP contribution is -2.51. The van der Waals surface area contributed by atoms with Gasteiger partial charge >= 0.3 is 5.97 Å². The predicted octanol–water partition coefficient (Wildman–Crippen LogP) is -0.266. The Morgan fingerprint density at radius 2 is 1.80 bits per heavy atom. The van der Waals surface area contributed by atoms with Gasteiger partial charge in [0, 0.05) is 19.6 Å². The first kappa shape index (κ1) is 15.2. The van der Waals surface area contributed by atoms with Gasteiger partial charge in [-0.15, -0.1) is 0 Å². The Labute approximate surface area is 118 Å². The number of hydrogen-bond donors (Lipinski definition) is 1. The summed E-state index contributed by atoms with van der Waals surface area (Å²) in [6, 6.07) is -0.655. The third-order valence-corrected chi connectivity index (χ3v) is 5.29. The number of piperidine rings is 1. The topological polar surface area (TPSA) is 95.0 Å². The van der Waals surface area contributed by atoms with Crippen molar-refractivity contribution in [1.82, 2.24) is 9.21 Å². The van der Waals surface area contributed by atoms with Gasteiger partial charge in [-0.25, -0.2) is 8.42 Å². The van der Waals surface area contributed by atoms with Gasteiger partial charge in [0.2, 0.25) is 15.9 Å². The molecule has 2 atom stereocenters. The van der Waals surface area contributed by atoms with Crippen molar-refractivity contribution < 1.29 is 23.1 Å². The van der Waals surface area contributed by atoms with Crippen LogP contribution in [0.15, 0.2) is 0 Å². The van der Waals surface area contributed by atoms with Gasteiger partial charge in [0.25, 0.3) is 0 Å². The summed E-state index contributed by atoms with van der Waals surface area (Å²) in [6.45, 7) is 1.06. The highest BCUT2D eigenvalue weighted by Crippen LogP contribution is 2.25. The van der Waals surface area contributed by atoms with Crippen LogP contribution in [0.2, 0.25) is 0 Å². The molecule has 1 N–H and O–H groups in total. The van der Waals surface area contributed by atoms with Gasteiger partial charge < -0.3 is 10.0 Å². The third-order valence-electron chi connectivity index (χ3n) is 4.00. The van der Waals surface area contributed by atoms with E-state index in [1.807, 2.05) is 0 Å². The largest absolute Gasteiger partial charge is 0.481 e. The van der Waals surface area contributed by atoms with Crippen molar-refractivity contribution in [1.29, 1.82) is 0 Å². The van der Waals surface area contributed by atoms with Crippen LogP contribution in [0.25, 0.3) is 0 Å². The highest BCUT2D eigenvalue weighted by molar-refractivity contribution is 7.88. The van der Waals surface area contributed by atoms with Crippen LogP contribution in [-0.4, -0.2) is 66.5 Å². The molecule has 2 heterocycles. The summed E-state index contributed by atoms with van der Waals surface area (Å²) in [6.07, 6.45) is 3.50. The molecule has 2 aliphatic heterocycles. The maximum absolute atomic E-state index is 12.5. The van der Waals surface area contributed by atoms with Crippen LogP contribution >= 0.6 is 0 Å². The van der Waals surface area contributed by atoms with Crippen LogP contribution in [0.4, 0.5) is 0 Å². The molecule has 0 aliphatic carbocycles. The van der Waals surface area contributed by atoms with Gasteiger partial charge in [-0.1, -0.05) is 0 Å². The third kappa shape index (κ3) is 3.12. The zero-order valence-electron chi connectivity index (χ0n) is 11.5. The van der Waals surface area contributed by atoms with Gasteiger partial charge in [-0.3, -0.25) is 9.59 Å². The number of carboxylic acid groups (broad SMARTS) is 1. The van der Waals surface area contributed by atoms with Crippen molar-refractivity contribution in [2.24, 2.45) is 5.92 Å². The van der Waals surface area contributed by atoms with E-state index in [2.05, 4.69) is 0 Å². The molecule has 0 bridgehead atoms. The Morgan fingerprint density at radius 3 is 2.40 bits per heavy atom. The molecule has 2 fully saturated rings. The van der Waals surface area contributed by atoms with E-state index < -0.39 is 28.0 Å². The molecule has 20 heavy (non-hydrogen) atoms. The first-order chi connectivity index (χ1) is 9.30. The van der Waals surface area contributed by atoms with Crippen LogP contribution in [0.3, 0.4) is 0 Å². The smallest absolute Gasteiger partial charge is 0.308 e. The molecule has 2 aliphatic rings. The Hall–Kier alpha value is -1.15. The monoisotopic (exact) mass is 304 g/mol. The first-order valence-corrected chi connectivity index (χ1v) is 8.64. The minimum absolute atomic E-state index is 0.183. The number of aliphatic carboxylic acids is 1. The molecule has 0 aromatic heterocycles. The zero-order chi connectivity index (χ0) is 14.9. The highest BCUT2D eigenvalue weighted by Gasteiger charge is 2.40. The molecule has 2 rings (SSSR count). The lowest BCUT2D eigenvalue weighted by atomic mass is 9.97. The second-order valence-corrected chi connectivity index (χ2v) is 7.43. The molecule has 0 aromatic carbocycles. The number of carbonyl (C=O) groups excluding carboxylic acids is 1. The predicted molar refractivity (Wildman–Crippen MR) is 71.5 cm³/mol. The molecule has 7 nitrogen and oxygen atoms in total. The lowest BCUT2D eigenvalue weighted by Gasteiger charge is -2.34. The van der Waals surface area contributed by atoms with Crippen LogP contribution in [0.5, 0.6) is 0 Å². The van der Waals surface area contributed by atoms with Gasteiger partial charge in [0.05, 0.1) is 12.2 Å². The number of carbonyl (C=O) groups is 2. The van der Waals surface area contributed by atoms with Crippen molar-refractivity contribution in [3.05, 3.63) is 0 Å². The SMILES string of the molecule is CS(=O)(=O)N1CCCC1C(=O)N1CCC[C@@H](C(=O)O)C1. The number of carboxylic acids is 1. The minimum Gasteiger partial charge on any atom is -0.481 e. The fourth-order valence-electron chi connectivity index (χ4n) is 2.97. The van der Waals surface area contributed by atoms with Gasteiger partial charge in [-0.2, -0.15) is 4.31 Å². The summed E-state index contributed by atoms with van der Waals surface area (Å²) < 4.78 is 24.6. The van der Waals surface area contributed by atoms with E-state index in [9.17, 15) is 18.0 Å². The van der Waals surface area contributed by atoms with Crippen molar-refractivity contribution in [2.45, 2.75) is 31.7 Å². The van der Waals surface area contributed by atoms with E-state index in [0.29, 0.717) is 38.8 Å². The van der Waals surface area contributed by atoms with Crippen molar-refractivity contribution in [3.8, 4) is 0 Å². The van der Waals surface area contributed by atoms with Gasteiger partial charge in [-0.05, 0) is 25.7 Å². The number of sulfonamides is 1. The van der Waals surface area contributed by atoms with Crippen LogP contribution < -0.4 is 0 Å². The molecule has 0 radical (unpaired) electrons. The summed E-state index contributed by atoms with van der Waals surface area (Å²) >= 11 is 0. The molecule has 0 saturated carbocycles. The minimum atomic E-state index is -3.40. The van der Waals surface area contributed by atoms with E-state index in [1.54, 1.807) is 0 Å². The zero-order valence-corrected chi connectivity index (χ0v) is 12.3. The maximum atomic E-state index is 12.5. The summed E-state index contributed by atoms with van der Waals surface area (Å²) in [4.78, 5) is 25.0. The number of rotatable bonds is 3. The molecule has 114 valence electrons. The summed E-state index contributed by atoms with van der Waals surface area (Å²) in [5.74, 6) is -1.69.